The number of furan rings is 1. The molecule has 2 aromatic heterocycles. The Balaban J connectivity index is 1.89. The van der Waals surface area contributed by atoms with E-state index in [2.05, 4.69) is 5.16 Å². The Morgan fingerprint density at radius 1 is 1.56 bits per heavy atom. The quantitative estimate of drug-likeness (QED) is 0.866. The van der Waals surface area contributed by atoms with Gasteiger partial charge in [-0.2, -0.15) is 11.8 Å². The summed E-state index contributed by atoms with van der Waals surface area (Å²) in [5, 5.41) is 12.6. The molecule has 0 spiro atoms. The Labute approximate surface area is 108 Å². The second-order valence-electron chi connectivity index (χ2n) is 3.88. The van der Waals surface area contributed by atoms with Gasteiger partial charge in [-0.3, -0.25) is 4.79 Å². The molecule has 0 aliphatic rings. The molecule has 18 heavy (non-hydrogen) atoms. The van der Waals surface area contributed by atoms with E-state index < -0.39 is 5.97 Å². The first-order valence-electron chi connectivity index (χ1n) is 5.48. The van der Waals surface area contributed by atoms with E-state index >= 15 is 0 Å². The fourth-order valence-electron chi connectivity index (χ4n) is 1.45. The van der Waals surface area contributed by atoms with Gasteiger partial charge in [-0.15, -0.1) is 0 Å². The van der Waals surface area contributed by atoms with E-state index in [1.165, 1.54) is 11.8 Å². The highest BCUT2D eigenvalue weighted by atomic mass is 32.2. The molecule has 0 radical (unpaired) electrons. The van der Waals surface area contributed by atoms with E-state index in [0.29, 0.717) is 17.3 Å². The molecule has 0 aromatic carbocycles. The van der Waals surface area contributed by atoms with E-state index in [9.17, 15) is 4.79 Å². The molecule has 1 atom stereocenters. The highest BCUT2D eigenvalue weighted by molar-refractivity contribution is 7.99. The molecule has 2 aromatic rings. The van der Waals surface area contributed by atoms with Crippen molar-refractivity contribution in [2.24, 2.45) is 0 Å². The molecule has 2 rings (SSSR count). The molecule has 96 valence electrons. The normalized spacial score (nSPS) is 12.5. The van der Waals surface area contributed by atoms with Crippen LogP contribution in [0.4, 0.5) is 0 Å². The molecule has 1 N–H and O–H groups in total. The average Bonchev–Trinajstić information content (AvgIpc) is 2.96. The lowest BCUT2D eigenvalue weighted by Crippen LogP contribution is -2.05. The summed E-state index contributed by atoms with van der Waals surface area (Å²) in [7, 11) is 0. The van der Waals surface area contributed by atoms with Crippen LogP contribution < -0.4 is 0 Å². The zero-order chi connectivity index (χ0) is 13.0. The number of aromatic nitrogens is 1. The Kier molecular flexibility index (Phi) is 4.09. The molecule has 5 nitrogen and oxygen atoms in total. The van der Waals surface area contributed by atoms with Gasteiger partial charge in [-0.05, 0) is 12.1 Å². The zero-order valence-corrected chi connectivity index (χ0v) is 10.6. The van der Waals surface area contributed by atoms with Crippen molar-refractivity contribution < 1.29 is 18.8 Å². The maximum atomic E-state index is 10.5. The highest BCUT2D eigenvalue weighted by Crippen LogP contribution is 2.24. The smallest absolute Gasteiger partial charge is 0.304 e. The average molecular weight is 267 g/mol. The van der Waals surface area contributed by atoms with Crippen LogP contribution >= 0.6 is 11.8 Å². The summed E-state index contributed by atoms with van der Waals surface area (Å²) < 4.78 is 10.3. The summed E-state index contributed by atoms with van der Waals surface area (Å²) in [6.45, 7) is 1.88. The third kappa shape index (κ3) is 3.40. The first-order valence-corrected chi connectivity index (χ1v) is 6.53. The number of hydrogen-bond acceptors (Lipinski definition) is 5. The molecule has 1 unspecified atom stereocenters. The summed E-state index contributed by atoms with van der Waals surface area (Å²) in [6, 6.07) is 5.38. The van der Waals surface area contributed by atoms with E-state index in [4.69, 9.17) is 14.0 Å². The van der Waals surface area contributed by atoms with Crippen molar-refractivity contribution in [2.45, 2.75) is 24.3 Å². The summed E-state index contributed by atoms with van der Waals surface area (Å²) >= 11 is 1.53. The Hall–Kier alpha value is -1.69. The summed E-state index contributed by atoms with van der Waals surface area (Å²) in [4.78, 5) is 10.5. The summed E-state index contributed by atoms with van der Waals surface area (Å²) in [5.41, 5.74) is 0.781. The lowest BCUT2D eigenvalue weighted by atomic mass is 10.3. The third-order valence-electron chi connectivity index (χ3n) is 2.30. The van der Waals surface area contributed by atoms with Crippen molar-refractivity contribution in [2.75, 3.05) is 0 Å². The van der Waals surface area contributed by atoms with Crippen molar-refractivity contribution in [3.63, 3.8) is 0 Å². The second-order valence-corrected chi connectivity index (χ2v) is 5.31. The van der Waals surface area contributed by atoms with Crippen molar-refractivity contribution in [1.82, 2.24) is 5.16 Å². The van der Waals surface area contributed by atoms with Crippen LogP contribution in [0.25, 0.3) is 11.5 Å². The maximum absolute atomic E-state index is 10.5. The number of carboxylic acid groups (broad SMARTS) is 1. The predicted octanol–water partition coefficient (Wildman–Crippen LogP) is 3.03. The molecule has 0 saturated heterocycles. The zero-order valence-electron chi connectivity index (χ0n) is 9.83. The van der Waals surface area contributed by atoms with Gasteiger partial charge in [0.05, 0.1) is 18.4 Å². The minimum Gasteiger partial charge on any atom is -0.481 e. The van der Waals surface area contributed by atoms with E-state index in [0.717, 1.165) is 5.69 Å². The largest absolute Gasteiger partial charge is 0.481 e. The first kappa shape index (κ1) is 12.8. The number of rotatable bonds is 6. The number of aliphatic carboxylic acids is 1. The van der Waals surface area contributed by atoms with Gasteiger partial charge in [0.2, 0.25) is 5.76 Å². The molecule has 2 heterocycles. The second kappa shape index (κ2) is 5.77. The minimum atomic E-state index is -0.786. The van der Waals surface area contributed by atoms with Gasteiger partial charge in [0.15, 0.2) is 5.76 Å². The third-order valence-corrected chi connectivity index (χ3v) is 3.50. The standard InChI is InChI=1S/C12H13NO4S/c1-8(5-12(14)15)18-7-9-6-11(17-13-9)10-3-2-4-16-10/h2-4,6,8H,5,7H2,1H3,(H,14,15). The summed E-state index contributed by atoms with van der Waals surface area (Å²) in [5.74, 6) is 1.06. The number of carbonyl (C=O) groups is 1. The van der Waals surface area contributed by atoms with Gasteiger partial charge in [0.1, 0.15) is 0 Å². The van der Waals surface area contributed by atoms with Crippen molar-refractivity contribution in [1.29, 1.82) is 0 Å². The number of carboxylic acids is 1. The van der Waals surface area contributed by atoms with E-state index in [1.54, 1.807) is 24.5 Å². The monoisotopic (exact) mass is 267 g/mol. The Bertz CT molecular complexity index is 506. The van der Waals surface area contributed by atoms with Gasteiger partial charge in [-0.25, -0.2) is 0 Å². The van der Waals surface area contributed by atoms with Crippen molar-refractivity contribution in [3.05, 3.63) is 30.2 Å². The van der Waals surface area contributed by atoms with E-state index in [1.807, 2.05) is 6.92 Å². The SMILES string of the molecule is CC(CC(=O)O)SCc1cc(-c2ccco2)on1. The Morgan fingerprint density at radius 3 is 3.06 bits per heavy atom. The fourth-order valence-corrected chi connectivity index (χ4v) is 2.30. The fraction of sp³-hybridized carbons (Fsp3) is 0.333. The van der Waals surface area contributed by atoms with Crippen LogP contribution in [0.1, 0.15) is 19.0 Å². The number of thioether (sulfide) groups is 1. The van der Waals surface area contributed by atoms with Crippen molar-refractivity contribution >= 4 is 17.7 Å². The first-order chi connectivity index (χ1) is 8.65. The lowest BCUT2D eigenvalue weighted by Gasteiger charge is -2.05. The van der Waals surface area contributed by atoms with Gasteiger partial charge in [0, 0.05) is 17.1 Å². The van der Waals surface area contributed by atoms with Gasteiger partial charge < -0.3 is 14.0 Å². The van der Waals surface area contributed by atoms with E-state index in [-0.39, 0.29) is 11.7 Å². The van der Waals surface area contributed by atoms with Crippen LogP contribution in [0.5, 0.6) is 0 Å². The van der Waals surface area contributed by atoms with Crippen LogP contribution in [0.2, 0.25) is 0 Å². The summed E-state index contributed by atoms with van der Waals surface area (Å²) in [6.07, 6.45) is 1.72. The highest BCUT2D eigenvalue weighted by Gasteiger charge is 2.12. The Morgan fingerprint density at radius 2 is 2.39 bits per heavy atom. The van der Waals surface area contributed by atoms with Crippen LogP contribution in [0.3, 0.4) is 0 Å². The molecule has 0 fully saturated rings. The maximum Gasteiger partial charge on any atom is 0.304 e. The van der Waals surface area contributed by atoms with Crippen LogP contribution in [0.15, 0.2) is 33.4 Å². The number of nitrogens with zero attached hydrogens (tertiary/aromatic N) is 1. The topological polar surface area (TPSA) is 76.5 Å². The molecule has 0 aliphatic carbocycles. The van der Waals surface area contributed by atoms with Gasteiger partial charge in [0.25, 0.3) is 0 Å². The predicted molar refractivity (Wildman–Crippen MR) is 67.2 cm³/mol. The molecule has 0 aliphatic heterocycles. The molecular weight excluding hydrogens is 254 g/mol. The van der Waals surface area contributed by atoms with Gasteiger partial charge in [-0.1, -0.05) is 12.1 Å². The number of hydrogen-bond donors (Lipinski definition) is 1. The minimum absolute atomic E-state index is 0.0475. The molecular formula is C12H13NO4S. The van der Waals surface area contributed by atoms with Crippen molar-refractivity contribution in [3.8, 4) is 11.5 Å². The molecule has 0 amide bonds. The van der Waals surface area contributed by atoms with Crippen LogP contribution in [-0.2, 0) is 10.5 Å². The van der Waals surface area contributed by atoms with Gasteiger partial charge >= 0.3 is 5.97 Å². The molecule has 0 bridgehead atoms. The molecule has 6 heteroatoms. The van der Waals surface area contributed by atoms with Crippen LogP contribution in [-0.4, -0.2) is 21.5 Å². The van der Waals surface area contributed by atoms with Crippen LogP contribution in [0, 0.1) is 0 Å². The molecule has 0 saturated carbocycles. The lowest BCUT2D eigenvalue weighted by molar-refractivity contribution is -0.136.